The van der Waals surface area contributed by atoms with Gasteiger partial charge in [-0.15, -0.1) is 0 Å². The Morgan fingerprint density at radius 3 is 2.48 bits per heavy atom. The molecular weight excluding hydrogens is 291 g/mol. The topological polar surface area (TPSA) is 38.5 Å². The number of nitrogens with two attached hydrogens (primary N) is 1. The van der Waals surface area contributed by atoms with E-state index in [0.29, 0.717) is 24.2 Å². The van der Waals surface area contributed by atoms with Gasteiger partial charge >= 0.3 is 0 Å². The Morgan fingerprint density at radius 2 is 2.00 bits per heavy atom. The van der Waals surface area contributed by atoms with Crippen molar-refractivity contribution in [3.63, 3.8) is 0 Å². The molecule has 0 radical (unpaired) electrons. The Morgan fingerprint density at radius 1 is 1.33 bits per heavy atom. The molecule has 0 fully saturated rings. The average molecular weight is 317 g/mol. The highest BCUT2D eigenvalue weighted by Crippen LogP contribution is 2.30. The molecule has 0 aliphatic heterocycles. The maximum absolute atomic E-state index is 13.3. The van der Waals surface area contributed by atoms with Gasteiger partial charge in [0.15, 0.2) is 0 Å². The Labute approximate surface area is 132 Å². The van der Waals surface area contributed by atoms with Crippen molar-refractivity contribution in [1.82, 2.24) is 4.90 Å². The molecule has 0 heterocycles. The fourth-order valence-electron chi connectivity index (χ4n) is 2.76. The quantitative estimate of drug-likeness (QED) is 0.756. The molecule has 0 spiro atoms. The van der Waals surface area contributed by atoms with E-state index in [0.717, 1.165) is 24.9 Å². The number of methoxy groups -OCH3 is 1. The van der Waals surface area contributed by atoms with Crippen molar-refractivity contribution in [3.8, 4) is 0 Å². The highest BCUT2D eigenvalue weighted by Gasteiger charge is 2.26. The third-order valence-corrected chi connectivity index (χ3v) is 4.24. The molecule has 0 bridgehead atoms. The number of hydrogen-bond donors (Lipinski definition) is 1. The zero-order valence-electron chi connectivity index (χ0n) is 13.1. The molecule has 5 heteroatoms. The first-order valence-electron chi connectivity index (χ1n) is 7.48. The summed E-state index contributed by atoms with van der Waals surface area (Å²) in [5.41, 5.74) is 6.87. The predicted octanol–water partition coefficient (Wildman–Crippen LogP) is 3.62. The zero-order chi connectivity index (χ0) is 15.8. The number of halogens is 2. The van der Waals surface area contributed by atoms with Crippen molar-refractivity contribution in [2.45, 2.75) is 38.8 Å². The number of rotatable bonds is 9. The van der Waals surface area contributed by atoms with Crippen molar-refractivity contribution < 1.29 is 9.13 Å². The fourth-order valence-corrected chi connectivity index (χ4v) is 3.05. The van der Waals surface area contributed by atoms with E-state index in [9.17, 15) is 4.39 Å². The lowest BCUT2D eigenvalue weighted by atomic mass is 10.0. The highest BCUT2D eigenvalue weighted by atomic mass is 35.5. The van der Waals surface area contributed by atoms with E-state index in [1.807, 2.05) is 0 Å². The van der Waals surface area contributed by atoms with E-state index in [1.54, 1.807) is 13.2 Å². The minimum Gasteiger partial charge on any atom is -0.383 e. The maximum Gasteiger partial charge on any atom is 0.124 e. The second kappa shape index (κ2) is 9.36. The molecule has 0 saturated carbocycles. The lowest BCUT2D eigenvalue weighted by molar-refractivity contribution is 0.0817. The molecule has 120 valence electrons. The van der Waals surface area contributed by atoms with Crippen LogP contribution < -0.4 is 5.73 Å². The molecule has 1 unspecified atom stereocenters. The van der Waals surface area contributed by atoms with E-state index >= 15 is 0 Å². The molecule has 0 aliphatic rings. The molecule has 21 heavy (non-hydrogen) atoms. The summed E-state index contributed by atoms with van der Waals surface area (Å²) in [6.07, 6.45) is 2.05. The van der Waals surface area contributed by atoms with Gasteiger partial charge in [-0.25, -0.2) is 4.39 Å². The minimum absolute atomic E-state index is 0.0295. The molecule has 0 aromatic heterocycles. The van der Waals surface area contributed by atoms with Gasteiger partial charge in [-0.2, -0.15) is 0 Å². The van der Waals surface area contributed by atoms with Gasteiger partial charge in [0.25, 0.3) is 0 Å². The predicted molar refractivity (Wildman–Crippen MR) is 86.2 cm³/mol. The second-order valence-electron chi connectivity index (χ2n) is 5.12. The molecule has 1 aromatic carbocycles. The van der Waals surface area contributed by atoms with E-state index < -0.39 is 0 Å². The smallest absolute Gasteiger partial charge is 0.124 e. The van der Waals surface area contributed by atoms with E-state index in [-0.39, 0.29) is 11.9 Å². The van der Waals surface area contributed by atoms with Crippen LogP contribution in [0.15, 0.2) is 18.2 Å². The standard InChI is InChI=1S/C16H26ClFN2O/c1-4-13(5-2)20(8-9-21-3)16(11-19)14-7-6-12(18)10-15(14)17/h6-7,10,13,16H,4-5,8-9,11,19H2,1-3H3. The van der Waals surface area contributed by atoms with E-state index in [1.165, 1.54) is 12.1 Å². The first kappa shape index (κ1) is 18.4. The van der Waals surface area contributed by atoms with Crippen LogP contribution in [0.4, 0.5) is 4.39 Å². The van der Waals surface area contributed by atoms with Gasteiger partial charge in [0.05, 0.1) is 6.61 Å². The van der Waals surface area contributed by atoms with Gasteiger partial charge in [0, 0.05) is 37.3 Å². The number of hydrogen-bond acceptors (Lipinski definition) is 3. The van der Waals surface area contributed by atoms with Crippen LogP contribution in [-0.4, -0.2) is 37.7 Å². The lowest BCUT2D eigenvalue weighted by Gasteiger charge is -2.37. The summed E-state index contributed by atoms with van der Waals surface area (Å²) in [6, 6.07) is 4.89. The van der Waals surface area contributed by atoms with E-state index in [4.69, 9.17) is 22.1 Å². The molecule has 1 atom stereocenters. The molecule has 0 amide bonds. The number of benzene rings is 1. The van der Waals surface area contributed by atoms with Gasteiger partial charge in [0.1, 0.15) is 5.82 Å². The van der Waals surface area contributed by atoms with Crippen LogP contribution in [0.2, 0.25) is 5.02 Å². The summed E-state index contributed by atoms with van der Waals surface area (Å²) >= 11 is 6.22. The van der Waals surface area contributed by atoms with Crippen LogP contribution in [0.25, 0.3) is 0 Å². The van der Waals surface area contributed by atoms with Gasteiger partial charge in [0.2, 0.25) is 0 Å². The number of nitrogens with zero attached hydrogens (tertiary/aromatic N) is 1. The Bertz CT molecular complexity index is 427. The summed E-state index contributed by atoms with van der Waals surface area (Å²) in [5, 5.41) is 0.429. The highest BCUT2D eigenvalue weighted by molar-refractivity contribution is 6.31. The molecule has 0 saturated heterocycles. The largest absolute Gasteiger partial charge is 0.383 e. The van der Waals surface area contributed by atoms with Crippen molar-refractivity contribution in [2.24, 2.45) is 5.73 Å². The van der Waals surface area contributed by atoms with Crippen molar-refractivity contribution in [1.29, 1.82) is 0 Å². The van der Waals surface area contributed by atoms with Gasteiger partial charge in [-0.1, -0.05) is 31.5 Å². The fraction of sp³-hybridized carbons (Fsp3) is 0.625. The second-order valence-corrected chi connectivity index (χ2v) is 5.53. The van der Waals surface area contributed by atoms with Crippen LogP contribution in [0.5, 0.6) is 0 Å². The summed E-state index contributed by atoms with van der Waals surface area (Å²) < 4.78 is 18.5. The van der Waals surface area contributed by atoms with Crippen molar-refractivity contribution >= 4 is 11.6 Å². The van der Waals surface area contributed by atoms with Gasteiger partial charge < -0.3 is 10.5 Å². The van der Waals surface area contributed by atoms with Crippen molar-refractivity contribution in [3.05, 3.63) is 34.6 Å². The summed E-state index contributed by atoms with van der Waals surface area (Å²) in [5.74, 6) is -0.328. The summed E-state index contributed by atoms with van der Waals surface area (Å²) in [4.78, 5) is 2.32. The van der Waals surface area contributed by atoms with Crippen LogP contribution in [0.1, 0.15) is 38.3 Å². The van der Waals surface area contributed by atoms with E-state index in [2.05, 4.69) is 18.7 Å². The first-order valence-corrected chi connectivity index (χ1v) is 7.86. The van der Waals surface area contributed by atoms with Crippen LogP contribution in [-0.2, 0) is 4.74 Å². The Hall–Kier alpha value is -0.680. The molecule has 3 nitrogen and oxygen atoms in total. The molecule has 1 aromatic rings. The third kappa shape index (κ3) is 4.92. The summed E-state index contributed by atoms with van der Waals surface area (Å²) in [6.45, 7) is 6.16. The normalized spacial score (nSPS) is 13.1. The number of ether oxygens (including phenoxy) is 1. The third-order valence-electron chi connectivity index (χ3n) is 3.91. The SMILES string of the molecule is CCC(CC)N(CCOC)C(CN)c1ccc(F)cc1Cl. The van der Waals surface area contributed by atoms with Crippen LogP contribution >= 0.6 is 11.6 Å². The monoisotopic (exact) mass is 316 g/mol. The van der Waals surface area contributed by atoms with Crippen LogP contribution in [0.3, 0.4) is 0 Å². The molecule has 1 rings (SSSR count). The Kier molecular flexibility index (Phi) is 8.19. The van der Waals surface area contributed by atoms with Gasteiger partial charge in [-0.3, -0.25) is 4.90 Å². The lowest BCUT2D eigenvalue weighted by Crippen LogP contribution is -2.43. The molecule has 2 N–H and O–H groups in total. The average Bonchev–Trinajstić information content (AvgIpc) is 2.47. The van der Waals surface area contributed by atoms with Crippen LogP contribution in [0, 0.1) is 5.82 Å². The molecule has 0 aliphatic carbocycles. The Balaban J connectivity index is 3.09. The molecular formula is C16H26ClFN2O. The minimum atomic E-state index is -0.328. The van der Waals surface area contributed by atoms with Crippen molar-refractivity contribution in [2.75, 3.05) is 26.8 Å². The first-order chi connectivity index (χ1) is 10.1. The maximum atomic E-state index is 13.3. The summed E-state index contributed by atoms with van der Waals surface area (Å²) in [7, 11) is 1.69. The van der Waals surface area contributed by atoms with Gasteiger partial charge in [-0.05, 0) is 30.5 Å². The zero-order valence-corrected chi connectivity index (χ0v) is 13.9.